The quantitative estimate of drug-likeness (QED) is 0.766. The van der Waals surface area contributed by atoms with Crippen LogP contribution in [0.25, 0.3) is 10.9 Å². The highest BCUT2D eigenvalue weighted by Crippen LogP contribution is 2.46. The van der Waals surface area contributed by atoms with E-state index in [-0.39, 0.29) is 48.0 Å². The highest BCUT2D eigenvalue weighted by atomic mass is 19.3. The molecule has 1 aromatic carbocycles. The third kappa shape index (κ3) is 3.17. The van der Waals surface area contributed by atoms with Gasteiger partial charge in [-0.15, -0.1) is 0 Å². The van der Waals surface area contributed by atoms with Gasteiger partial charge in [-0.05, 0) is 25.2 Å². The van der Waals surface area contributed by atoms with Gasteiger partial charge in [0.15, 0.2) is 11.6 Å². The summed E-state index contributed by atoms with van der Waals surface area (Å²) in [6.45, 7) is 2.47. The zero-order chi connectivity index (χ0) is 21.7. The second-order valence-corrected chi connectivity index (χ2v) is 8.15. The Hall–Kier alpha value is -2.49. The number of fused-ring (bicyclic) bond motifs is 1. The third-order valence-corrected chi connectivity index (χ3v) is 6.29. The van der Waals surface area contributed by atoms with E-state index in [0.717, 1.165) is 0 Å². The van der Waals surface area contributed by atoms with Crippen LogP contribution < -0.4 is 20.9 Å². The summed E-state index contributed by atoms with van der Waals surface area (Å²) >= 11 is 0. The Bertz CT molecular complexity index is 1090. The van der Waals surface area contributed by atoms with Gasteiger partial charge in [-0.2, -0.15) is 0 Å². The summed E-state index contributed by atoms with van der Waals surface area (Å²) in [7, 11) is 1.26. The van der Waals surface area contributed by atoms with Crippen molar-refractivity contribution >= 4 is 16.6 Å². The van der Waals surface area contributed by atoms with Gasteiger partial charge in [0.25, 0.3) is 12.0 Å². The van der Waals surface area contributed by atoms with Gasteiger partial charge in [0.1, 0.15) is 11.2 Å². The molecule has 164 valence electrons. The van der Waals surface area contributed by atoms with Crippen LogP contribution in [-0.4, -0.2) is 41.5 Å². The number of methoxy groups -OCH3 is 1. The molecule has 2 heterocycles. The van der Waals surface area contributed by atoms with Crippen molar-refractivity contribution in [2.75, 3.05) is 31.7 Å². The standard InChI is InChI=1S/C20H24F3N3O4/c1-9-5-6-25(7-10(9)8-27)16-14(21)12(18(22)23)13-15(17(16)30-2)26(11-3-4-11)20(29)24-19(13)28/h9-11,18,27H,3-8H2,1-2H3,(H,24,28,29). The fraction of sp³-hybridized carbons (Fsp3) is 0.600. The van der Waals surface area contributed by atoms with E-state index in [2.05, 4.69) is 0 Å². The highest BCUT2D eigenvalue weighted by molar-refractivity contribution is 5.94. The molecule has 2 aromatic rings. The van der Waals surface area contributed by atoms with E-state index in [4.69, 9.17) is 4.74 Å². The van der Waals surface area contributed by atoms with Crippen LogP contribution in [0, 0.1) is 17.7 Å². The van der Waals surface area contributed by atoms with Crippen molar-refractivity contribution in [3.05, 3.63) is 32.2 Å². The van der Waals surface area contributed by atoms with Crippen LogP contribution in [0.1, 0.15) is 44.2 Å². The van der Waals surface area contributed by atoms with Crippen molar-refractivity contribution in [2.24, 2.45) is 11.8 Å². The first-order valence-corrected chi connectivity index (χ1v) is 10.0. The molecule has 2 N–H and O–H groups in total. The summed E-state index contributed by atoms with van der Waals surface area (Å²) in [4.78, 5) is 28.6. The van der Waals surface area contributed by atoms with E-state index in [0.29, 0.717) is 25.8 Å². The second kappa shape index (κ2) is 7.64. The Morgan fingerprint density at radius 3 is 2.53 bits per heavy atom. The zero-order valence-corrected chi connectivity index (χ0v) is 16.8. The number of hydrogen-bond acceptors (Lipinski definition) is 5. The number of piperidine rings is 1. The molecule has 10 heteroatoms. The summed E-state index contributed by atoms with van der Waals surface area (Å²) in [5, 5.41) is 9.12. The highest BCUT2D eigenvalue weighted by Gasteiger charge is 2.37. The number of halogens is 3. The molecule has 0 amide bonds. The first-order chi connectivity index (χ1) is 14.3. The number of benzene rings is 1. The zero-order valence-electron chi connectivity index (χ0n) is 16.8. The lowest BCUT2D eigenvalue weighted by atomic mass is 9.87. The Balaban J connectivity index is 2.08. The normalized spacial score (nSPS) is 22.2. The number of rotatable bonds is 5. The summed E-state index contributed by atoms with van der Waals surface area (Å²) in [5.74, 6) is -1.32. The fourth-order valence-corrected chi connectivity index (χ4v) is 4.42. The van der Waals surface area contributed by atoms with Gasteiger partial charge in [0.05, 0.1) is 18.1 Å². The molecule has 2 atom stereocenters. The number of hydrogen-bond donors (Lipinski definition) is 2. The Kier molecular flexibility index (Phi) is 5.29. The SMILES string of the molecule is COc1c(N2CCC(C)C(CO)C2)c(F)c(C(F)F)c2c(=O)[nH]c(=O)n(C3CC3)c12. The van der Waals surface area contributed by atoms with Crippen LogP contribution in [0.3, 0.4) is 0 Å². The third-order valence-electron chi connectivity index (χ3n) is 6.29. The number of aromatic nitrogens is 2. The molecule has 1 aliphatic carbocycles. The first-order valence-electron chi connectivity index (χ1n) is 10.0. The smallest absolute Gasteiger partial charge is 0.329 e. The van der Waals surface area contributed by atoms with Crippen LogP contribution in [0.2, 0.25) is 0 Å². The van der Waals surface area contributed by atoms with Gasteiger partial charge < -0.3 is 14.7 Å². The maximum atomic E-state index is 15.5. The van der Waals surface area contributed by atoms with Gasteiger partial charge in [-0.3, -0.25) is 14.3 Å². The maximum absolute atomic E-state index is 15.5. The molecule has 0 radical (unpaired) electrons. The molecule has 2 aliphatic rings. The van der Waals surface area contributed by atoms with Crippen LogP contribution in [-0.2, 0) is 0 Å². The minimum Gasteiger partial charge on any atom is -0.492 e. The molecule has 1 aliphatic heterocycles. The van der Waals surface area contributed by atoms with Gasteiger partial charge >= 0.3 is 5.69 Å². The average Bonchev–Trinajstić information content (AvgIpc) is 3.53. The average molecular weight is 427 g/mol. The molecule has 1 saturated heterocycles. The maximum Gasteiger partial charge on any atom is 0.329 e. The molecular weight excluding hydrogens is 403 g/mol. The van der Waals surface area contributed by atoms with Crippen molar-refractivity contribution < 1.29 is 23.0 Å². The molecule has 0 spiro atoms. The van der Waals surface area contributed by atoms with Crippen molar-refractivity contribution in [2.45, 2.75) is 38.7 Å². The Morgan fingerprint density at radius 2 is 1.97 bits per heavy atom. The number of aromatic amines is 1. The number of nitrogens with one attached hydrogen (secondary N) is 1. The number of ether oxygens (including phenoxy) is 1. The molecule has 4 rings (SSSR count). The van der Waals surface area contributed by atoms with Gasteiger partial charge in [0, 0.05) is 31.7 Å². The number of aliphatic hydroxyl groups excluding tert-OH is 1. The molecule has 2 unspecified atom stereocenters. The molecule has 30 heavy (non-hydrogen) atoms. The number of alkyl halides is 2. The van der Waals surface area contributed by atoms with E-state index in [1.165, 1.54) is 11.7 Å². The number of H-pyrrole nitrogens is 1. The van der Waals surface area contributed by atoms with Crippen LogP contribution in [0.15, 0.2) is 9.59 Å². The molecule has 2 fully saturated rings. The topological polar surface area (TPSA) is 87.6 Å². The van der Waals surface area contributed by atoms with Crippen molar-refractivity contribution in [1.82, 2.24) is 9.55 Å². The molecule has 0 bridgehead atoms. The number of aliphatic hydroxyl groups is 1. The van der Waals surface area contributed by atoms with Gasteiger partial charge in [-0.25, -0.2) is 18.0 Å². The van der Waals surface area contributed by atoms with E-state index in [1.807, 2.05) is 11.9 Å². The first kappa shape index (κ1) is 20.8. The lowest BCUT2D eigenvalue weighted by Crippen LogP contribution is -2.42. The molecule has 7 nitrogen and oxygen atoms in total. The summed E-state index contributed by atoms with van der Waals surface area (Å²) in [6, 6.07) is -0.263. The predicted molar refractivity (Wildman–Crippen MR) is 105 cm³/mol. The van der Waals surface area contributed by atoms with E-state index in [1.54, 1.807) is 4.90 Å². The monoisotopic (exact) mass is 427 g/mol. The molecule has 1 saturated carbocycles. The van der Waals surface area contributed by atoms with Crippen LogP contribution in [0.4, 0.5) is 18.9 Å². The second-order valence-electron chi connectivity index (χ2n) is 8.15. The van der Waals surface area contributed by atoms with Gasteiger partial charge in [-0.1, -0.05) is 6.92 Å². The predicted octanol–water partition coefficient (Wildman–Crippen LogP) is 2.56. The van der Waals surface area contributed by atoms with Crippen LogP contribution >= 0.6 is 0 Å². The van der Waals surface area contributed by atoms with E-state index >= 15 is 4.39 Å². The minimum absolute atomic E-state index is 0.0976. The fourth-order valence-electron chi connectivity index (χ4n) is 4.42. The Labute approximate surface area is 170 Å². The van der Waals surface area contributed by atoms with Crippen LogP contribution in [0.5, 0.6) is 5.75 Å². The Morgan fingerprint density at radius 1 is 1.27 bits per heavy atom. The minimum atomic E-state index is -3.26. The van der Waals surface area contributed by atoms with E-state index < -0.39 is 34.4 Å². The number of anilines is 1. The van der Waals surface area contributed by atoms with Crippen molar-refractivity contribution in [3.8, 4) is 5.75 Å². The lowest BCUT2D eigenvalue weighted by molar-refractivity contribution is 0.147. The van der Waals surface area contributed by atoms with Crippen molar-refractivity contribution in [1.29, 1.82) is 0 Å². The molecule has 1 aromatic heterocycles. The summed E-state index contributed by atoms with van der Waals surface area (Å²) in [5.41, 5.74) is -3.11. The number of nitrogens with zero attached hydrogens (tertiary/aromatic N) is 2. The van der Waals surface area contributed by atoms with Crippen molar-refractivity contribution in [3.63, 3.8) is 0 Å². The van der Waals surface area contributed by atoms with Gasteiger partial charge in [0.2, 0.25) is 0 Å². The molecular formula is C20H24F3N3O4. The largest absolute Gasteiger partial charge is 0.492 e. The summed E-state index contributed by atoms with van der Waals surface area (Å²) < 4.78 is 50.2. The van der Waals surface area contributed by atoms with E-state index in [9.17, 15) is 23.5 Å². The summed E-state index contributed by atoms with van der Waals surface area (Å²) in [6.07, 6.45) is -1.34. The lowest BCUT2D eigenvalue weighted by Gasteiger charge is -2.38.